The highest BCUT2D eigenvalue weighted by Crippen LogP contribution is 2.27. The van der Waals surface area contributed by atoms with Crippen LogP contribution >= 0.6 is 23.1 Å². The van der Waals surface area contributed by atoms with Gasteiger partial charge in [0.05, 0.1) is 7.11 Å². The van der Waals surface area contributed by atoms with Crippen LogP contribution in [0.15, 0.2) is 48.5 Å². The van der Waals surface area contributed by atoms with E-state index in [2.05, 4.69) is 9.36 Å². The molecule has 0 radical (unpaired) electrons. The van der Waals surface area contributed by atoms with E-state index in [0.717, 1.165) is 27.7 Å². The second-order valence-electron chi connectivity index (χ2n) is 4.16. The van der Waals surface area contributed by atoms with Crippen LogP contribution in [0.4, 0.5) is 0 Å². The number of halogens is 1. The van der Waals surface area contributed by atoms with Crippen molar-refractivity contribution in [1.29, 1.82) is 0 Å². The molecule has 0 bridgehead atoms. The lowest BCUT2D eigenvalue weighted by Crippen LogP contribution is -1.83. The Morgan fingerprint density at radius 1 is 0.950 bits per heavy atom. The molecule has 0 spiro atoms. The minimum atomic E-state index is 0.708. The van der Waals surface area contributed by atoms with E-state index < -0.39 is 0 Å². The maximum absolute atomic E-state index is 5.88. The van der Waals surface area contributed by atoms with Gasteiger partial charge in [0, 0.05) is 16.1 Å². The van der Waals surface area contributed by atoms with E-state index in [1.807, 2.05) is 48.5 Å². The largest absolute Gasteiger partial charge is 0.497 e. The van der Waals surface area contributed by atoms with Gasteiger partial charge in [-0.15, -0.1) is 0 Å². The van der Waals surface area contributed by atoms with Crippen molar-refractivity contribution >= 4 is 23.1 Å². The lowest BCUT2D eigenvalue weighted by Gasteiger charge is -1.99. The number of hydrogen-bond acceptors (Lipinski definition) is 4. The summed E-state index contributed by atoms with van der Waals surface area (Å²) >= 11 is 7.26. The first-order chi connectivity index (χ1) is 9.76. The molecule has 1 heterocycles. The molecule has 3 aromatic rings. The average molecular weight is 303 g/mol. The Morgan fingerprint density at radius 2 is 1.60 bits per heavy atom. The van der Waals surface area contributed by atoms with Crippen LogP contribution in [0.2, 0.25) is 5.02 Å². The second kappa shape index (κ2) is 5.61. The molecule has 1 aromatic heterocycles. The molecule has 5 heteroatoms. The summed E-state index contributed by atoms with van der Waals surface area (Å²) in [7, 11) is 1.65. The molecule has 0 unspecified atom stereocenters. The van der Waals surface area contributed by atoms with Crippen molar-refractivity contribution in [2.45, 2.75) is 0 Å². The molecule has 0 saturated carbocycles. The van der Waals surface area contributed by atoms with Crippen molar-refractivity contribution in [1.82, 2.24) is 9.36 Å². The Kier molecular flexibility index (Phi) is 3.67. The molecule has 0 aliphatic carbocycles. The van der Waals surface area contributed by atoms with Crippen molar-refractivity contribution in [2.24, 2.45) is 0 Å². The smallest absolute Gasteiger partial charge is 0.173 e. The SMILES string of the molecule is COc1ccc(-c2nc(-c3ccc(Cl)cc3)ns2)cc1. The van der Waals surface area contributed by atoms with Gasteiger partial charge in [-0.2, -0.15) is 4.37 Å². The van der Waals surface area contributed by atoms with Gasteiger partial charge in [0.15, 0.2) is 5.82 Å². The van der Waals surface area contributed by atoms with Crippen LogP contribution in [0.5, 0.6) is 5.75 Å². The number of methoxy groups -OCH3 is 1. The molecule has 20 heavy (non-hydrogen) atoms. The number of aromatic nitrogens is 2. The van der Waals surface area contributed by atoms with Gasteiger partial charge in [0.2, 0.25) is 0 Å². The Hall–Kier alpha value is -1.91. The molecule has 100 valence electrons. The molecule has 0 atom stereocenters. The van der Waals surface area contributed by atoms with E-state index in [-0.39, 0.29) is 0 Å². The summed E-state index contributed by atoms with van der Waals surface area (Å²) in [5.41, 5.74) is 1.99. The molecule has 0 N–H and O–H groups in total. The third kappa shape index (κ3) is 2.66. The van der Waals surface area contributed by atoms with Gasteiger partial charge >= 0.3 is 0 Å². The number of nitrogens with zero attached hydrogens (tertiary/aromatic N) is 2. The molecule has 3 rings (SSSR count). The van der Waals surface area contributed by atoms with Gasteiger partial charge in [0.1, 0.15) is 10.8 Å². The number of ether oxygens (including phenoxy) is 1. The fourth-order valence-corrected chi connectivity index (χ4v) is 2.60. The highest BCUT2D eigenvalue weighted by molar-refractivity contribution is 7.09. The molecule has 2 aromatic carbocycles. The third-order valence-electron chi connectivity index (χ3n) is 2.87. The quantitative estimate of drug-likeness (QED) is 0.713. The standard InChI is InChI=1S/C15H11ClN2OS/c1-19-13-8-4-11(5-9-13)15-17-14(18-20-15)10-2-6-12(16)7-3-10/h2-9H,1H3. The van der Waals surface area contributed by atoms with E-state index in [9.17, 15) is 0 Å². The maximum atomic E-state index is 5.88. The summed E-state index contributed by atoms with van der Waals surface area (Å²) in [6.45, 7) is 0. The normalized spacial score (nSPS) is 10.5. The summed E-state index contributed by atoms with van der Waals surface area (Å²) < 4.78 is 9.54. The van der Waals surface area contributed by atoms with Crippen LogP contribution in [0.3, 0.4) is 0 Å². The Bertz CT molecular complexity index is 707. The fourth-order valence-electron chi connectivity index (χ4n) is 1.79. The van der Waals surface area contributed by atoms with Gasteiger partial charge in [-0.3, -0.25) is 0 Å². The zero-order valence-electron chi connectivity index (χ0n) is 10.7. The van der Waals surface area contributed by atoms with E-state index in [4.69, 9.17) is 16.3 Å². The molecular weight excluding hydrogens is 292 g/mol. The summed E-state index contributed by atoms with van der Waals surface area (Å²) in [4.78, 5) is 4.56. The van der Waals surface area contributed by atoms with Gasteiger partial charge in [-0.25, -0.2) is 4.98 Å². The van der Waals surface area contributed by atoms with E-state index >= 15 is 0 Å². The monoisotopic (exact) mass is 302 g/mol. The van der Waals surface area contributed by atoms with Crippen molar-refractivity contribution in [3.8, 4) is 27.7 Å². The Labute approximate surface area is 126 Å². The van der Waals surface area contributed by atoms with E-state index in [0.29, 0.717) is 5.02 Å². The van der Waals surface area contributed by atoms with Crippen molar-refractivity contribution < 1.29 is 4.74 Å². The average Bonchev–Trinajstić information content (AvgIpc) is 2.98. The summed E-state index contributed by atoms with van der Waals surface area (Å²) in [6.07, 6.45) is 0. The highest BCUT2D eigenvalue weighted by atomic mass is 35.5. The van der Waals surface area contributed by atoms with Crippen molar-refractivity contribution in [2.75, 3.05) is 7.11 Å². The van der Waals surface area contributed by atoms with Crippen LogP contribution in [0.25, 0.3) is 22.0 Å². The highest BCUT2D eigenvalue weighted by Gasteiger charge is 2.08. The lowest BCUT2D eigenvalue weighted by molar-refractivity contribution is 0.415. The molecule has 0 aliphatic heterocycles. The Balaban J connectivity index is 1.91. The molecule has 3 nitrogen and oxygen atoms in total. The topological polar surface area (TPSA) is 35.0 Å². The zero-order chi connectivity index (χ0) is 13.9. The van der Waals surface area contributed by atoms with Crippen LogP contribution in [0, 0.1) is 0 Å². The fraction of sp³-hybridized carbons (Fsp3) is 0.0667. The van der Waals surface area contributed by atoms with Crippen LogP contribution in [0.1, 0.15) is 0 Å². The van der Waals surface area contributed by atoms with Crippen molar-refractivity contribution in [3.05, 3.63) is 53.6 Å². The molecule has 0 aliphatic rings. The van der Waals surface area contributed by atoms with Crippen molar-refractivity contribution in [3.63, 3.8) is 0 Å². The molecule has 0 saturated heterocycles. The minimum absolute atomic E-state index is 0.708. The maximum Gasteiger partial charge on any atom is 0.173 e. The first-order valence-corrected chi connectivity index (χ1v) is 7.15. The predicted octanol–water partition coefficient (Wildman–Crippen LogP) is 4.53. The first-order valence-electron chi connectivity index (χ1n) is 6.00. The predicted molar refractivity (Wildman–Crippen MR) is 82.3 cm³/mol. The third-order valence-corrected chi connectivity index (χ3v) is 3.88. The summed E-state index contributed by atoms with van der Waals surface area (Å²) in [5, 5.41) is 1.59. The first kappa shape index (κ1) is 13.1. The van der Waals surface area contributed by atoms with Gasteiger partial charge in [0.25, 0.3) is 0 Å². The number of benzene rings is 2. The minimum Gasteiger partial charge on any atom is -0.497 e. The second-order valence-corrected chi connectivity index (χ2v) is 5.35. The molecular formula is C15H11ClN2OS. The Morgan fingerprint density at radius 3 is 2.25 bits per heavy atom. The van der Waals surface area contributed by atoms with Crippen LogP contribution in [-0.4, -0.2) is 16.5 Å². The number of hydrogen-bond donors (Lipinski definition) is 0. The molecule has 0 fully saturated rings. The zero-order valence-corrected chi connectivity index (χ0v) is 12.3. The lowest BCUT2D eigenvalue weighted by atomic mass is 10.2. The van der Waals surface area contributed by atoms with Gasteiger partial charge in [-0.05, 0) is 60.1 Å². The van der Waals surface area contributed by atoms with E-state index in [1.54, 1.807) is 7.11 Å². The van der Waals surface area contributed by atoms with Crippen LogP contribution < -0.4 is 4.74 Å². The summed E-state index contributed by atoms with van der Waals surface area (Å²) in [5.74, 6) is 1.55. The van der Waals surface area contributed by atoms with E-state index in [1.165, 1.54) is 11.5 Å². The molecule has 0 amide bonds. The van der Waals surface area contributed by atoms with Crippen LogP contribution in [-0.2, 0) is 0 Å². The van der Waals surface area contributed by atoms with Gasteiger partial charge < -0.3 is 4.74 Å². The summed E-state index contributed by atoms with van der Waals surface area (Å²) in [6, 6.07) is 15.3. The van der Waals surface area contributed by atoms with Gasteiger partial charge in [-0.1, -0.05) is 11.6 Å². The number of rotatable bonds is 3.